The van der Waals surface area contributed by atoms with Gasteiger partial charge in [0.25, 0.3) is 0 Å². The summed E-state index contributed by atoms with van der Waals surface area (Å²) in [7, 11) is 0. The molecule has 1 unspecified atom stereocenters. The van der Waals surface area contributed by atoms with Crippen LogP contribution in [-0.2, 0) is 6.18 Å². The molecule has 1 aromatic rings. The average molecular weight is 330 g/mol. The summed E-state index contributed by atoms with van der Waals surface area (Å²) in [5.41, 5.74) is -1.03. The van der Waals surface area contributed by atoms with Crippen molar-refractivity contribution in [2.75, 3.05) is 29.1 Å². The second kappa shape index (κ2) is 6.41. The second-order valence-corrected chi connectivity index (χ2v) is 6.75. The summed E-state index contributed by atoms with van der Waals surface area (Å²) in [5.74, 6) is 3.29. The zero-order chi connectivity index (χ0) is 13.9. The van der Waals surface area contributed by atoms with E-state index in [0.717, 1.165) is 23.3 Å². The summed E-state index contributed by atoms with van der Waals surface area (Å²) in [5, 5.41) is 2.87. The van der Waals surface area contributed by atoms with Gasteiger partial charge in [0.05, 0.1) is 0 Å². The van der Waals surface area contributed by atoms with Crippen molar-refractivity contribution in [2.45, 2.75) is 11.4 Å². The molecule has 1 atom stereocenters. The van der Waals surface area contributed by atoms with Gasteiger partial charge in [0.1, 0.15) is 5.82 Å². The first-order chi connectivity index (χ1) is 8.95. The molecule has 0 radical (unpaired) electrons. The molecular weight excluding hydrogens is 319 g/mol. The third kappa shape index (κ3) is 4.61. The van der Waals surface area contributed by atoms with Gasteiger partial charge in [-0.2, -0.15) is 36.7 Å². The maximum absolute atomic E-state index is 12.6. The minimum atomic E-state index is -4.52. The van der Waals surface area contributed by atoms with Crippen LogP contribution < -0.4 is 5.32 Å². The predicted octanol–water partition coefficient (Wildman–Crippen LogP) is 3.41. The van der Waals surface area contributed by atoms with Gasteiger partial charge in [-0.05, 0) is 11.6 Å². The largest absolute Gasteiger partial charge is 0.433 e. The lowest BCUT2D eigenvalue weighted by atomic mass is 10.3. The first-order valence-electron chi connectivity index (χ1n) is 5.50. The lowest BCUT2D eigenvalue weighted by molar-refractivity contribution is -0.141. The van der Waals surface area contributed by atoms with E-state index in [4.69, 9.17) is 11.6 Å². The molecule has 106 valence electrons. The summed E-state index contributed by atoms with van der Waals surface area (Å²) in [6.07, 6.45) is -4.52. The highest BCUT2D eigenvalue weighted by Crippen LogP contribution is 2.30. The monoisotopic (exact) mass is 329 g/mol. The van der Waals surface area contributed by atoms with Gasteiger partial charge in [-0.3, -0.25) is 0 Å². The fraction of sp³-hybridized carbons (Fsp3) is 0.600. The summed E-state index contributed by atoms with van der Waals surface area (Å²) in [6, 6.07) is 0.881. The van der Waals surface area contributed by atoms with Crippen LogP contribution >= 0.6 is 35.1 Å². The molecule has 0 spiro atoms. The molecule has 1 aliphatic heterocycles. The van der Waals surface area contributed by atoms with E-state index >= 15 is 0 Å². The van der Waals surface area contributed by atoms with Crippen molar-refractivity contribution < 1.29 is 13.2 Å². The maximum Gasteiger partial charge on any atom is 0.433 e. The Morgan fingerprint density at radius 3 is 2.79 bits per heavy atom. The number of anilines is 1. The van der Waals surface area contributed by atoms with Crippen LogP contribution in [0.2, 0.25) is 5.28 Å². The van der Waals surface area contributed by atoms with E-state index in [0.29, 0.717) is 11.8 Å². The van der Waals surface area contributed by atoms with Crippen molar-refractivity contribution >= 4 is 40.9 Å². The van der Waals surface area contributed by atoms with Gasteiger partial charge in [-0.15, -0.1) is 0 Å². The molecule has 0 amide bonds. The van der Waals surface area contributed by atoms with Crippen molar-refractivity contribution in [2.24, 2.45) is 0 Å². The zero-order valence-corrected chi connectivity index (χ0v) is 12.1. The Morgan fingerprint density at radius 2 is 2.16 bits per heavy atom. The quantitative estimate of drug-likeness (QED) is 0.860. The number of hydrogen-bond acceptors (Lipinski definition) is 5. The van der Waals surface area contributed by atoms with Crippen molar-refractivity contribution in [1.29, 1.82) is 0 Å². The smallest absolute Gasteiger partial charge is 0.369 e. The number of nitrogens with one attached hydrogen (secondary N) is 1. The Balaban J connectivity index is 2.01. The normalized spacial score (nSPS) is 20.3. The summed E-state index contributed by atoms with van der Waals surface area (Å²) >= 11 is 9.17. The van der Waals surface area contributed by atoms with E-state index in [9.17, 15) is 13.2 Å². The third-order valence-corrected chi connectivity index (χ3v) is 5.40. The van der Waals surface area contributed by atoms with E-state index in [2.05, 4.69) is 15.3 Å². The van der Waals surface area contributed by atoms with Crippen LogP contribution in [0.15, 0.2) is 6.07 Å². The minimum Gasteiger partial charge on any atom is -0.369 e. The number of alkyl halides is 3. The Kier molecular flexibility index (Phi) is 5.08. The highest BCUT2D eigenvalue weighted by molar-refractivity contribution is 8.06. The highest BCUT2D eigenvalue weighted by atomic mass is 35.5. The maximum atomic E-state index is 12.6. The second-order valence-electron chi connectivity index (χ2n) is 3.85. The van der Waals surface area contributed by atoms with Crippen molar-refractivity contribution in [3.63, 3.8) is 0 Å². The van der Waals surface area contributed by atoms with Crippen LogP contribution in [0.3, 0.4) is 0 Å². The van der Waals surface area contributed by atoms with Crippen LogP contribution in [-0.4, -0.2) is 39.0 Å². The number of hydrogen-bond donors (Lipinski definition) is 1. The molecule has 0 saturated carbocycles. The van der Waals surface area contributed by atoms with E-state index in [1.54, 1.807) is 0 Å². The molecule has 1 aromatic heterocycles. The van der Waals surface area contributed by atoms with E-state index in [1.165, 1.54) is 0 Å². The standard InChI is InChI=1S/C10H11ClF3N3S2/c11-9-16-7(10(12,13)14)3-8(17-9)15-4-6-5-18-1-2-19-6/h3,6H,1-2,4-5H2,(H,15,16,17). The summed E-state index contributed by atoms with van der Waals surface area (Å²) in [6.45, 7) is 0.572. The molecule has 1 saturated heterocycles. The first kappa shape index (κ1) is 15.1. The molecule has 19 heavy (non-hydrogen) atoms. The fourth-order valence-electron chi connectivity index (χ4n) is 1.53. The van der Waals surface area contributed by atoms with E-state index < -0.39 is 17.2 Å². The zero-order valence-electron chi connectivity index (χ0n) is 9.71. The van der Waals surface area contributed by atoms with E-state index in [1.807, 2.05) is 23.5 Å². The number of halogens is 4. The van der Waals surface area contributed by atoms with Crippen LogP contribution in [0.1, 0.15) is 5.69 Å². The van der Waals surface area contributed by atoms with Gasteiger partial charge >= 0.3 is 6.18 Å². The molecule has 1 N–H and O–H groups in total. The van der Waals surface area contributed by atoms with Gasteiger partial charge in [0.15, 0.2) is 5.69 Å². The molecule has 0 bridgehead atoms. The molecule has 9 heteroatoms. The van der Waals surface area contributed by atoms with Gasteiger partial charge in [0, 0.05) is 35.1 Å². The lowest BCUT2D eigenvalue weighted by Gasteiger charge is -2.21. The van der Waals surface area contributed by atoms with Crippen molar-refractivity contribution in [3.05, 3.63) is 17.0 Å². The SMILES string of the molecule is FC(F)(F)c1cc(NCC2CSCCS2)nc(Cl)n1. The topological polar surface area (TPSA) is 37.8 Å². The van der Waals surface area contributed by atoms with Gasteiger partial charge in [-0.25, -0.2) is 9.97 Å². The molecule has 0 aromatic carbocycles. The minimum absolute atomic E-state index is 0.114. The molecular formula is C10H11ClF3N3S2. The number of rotatable bonds is 3. The molecule has 3 nitrogen and oxygen atoms in total. The molecule has 2 heterocycles. The lowest BCUT2D eigenvalue weighted by Crippen LogP contribution is -2.24. The molecule has 0 aliphatic carbocycles. The molecule has 2 rings (SSSR count). The molecule has 1 fully saturated rings. The van der Waals surface area contributed by atoms with Crippen LogP contribution in [0.4, 0.5) is 19.0 Å². The third-order valence-electron chi connectivity index (χ3n) is 2.39. The first-order valence-corrected chi connectivity index (χ1v) is 8.08. The number of thioether (sulfide) groups is 2. The van der Waals surface area contributed by atoms with Gasteiger partial charge < -0.3 is 5.32 Å². The average Bonchev–Trinajstić information content (AvgIpc) is 2.36. The fourth-order valence-corrected chi connectivity index (χ4v) is 4.32. The van der Waals surface area contributed by atoms with Crippen LogP contribution in [0.25, 0.3) is 0 Å². The molecule has 1 aliphatic rings. The van der Waals surface area contributed by atoms with Crippen molar-refractivity contribution in [1.82, 2.24) is 9.97 Å². The Morgan fingerprint density at radius 1 is 1.37 bits per heavy atom. The van der Waals surface area contributed by atoms with E-state index in [-0.39, 0.29) is 5.82 Å². The van der Waals surface area contributed by atoms with Gasteiger partial charge in [-0.1, -0.05) is 0 Å². The summed E-state index contributed by atoms with van der Waals surface area (Å²) < 4.78 is 37.7. The number of aromatic nitrogens is 2. The van der Waals surface area contributed by atoms with Crippen molar-refractivity contribution in [3.8, 4) is 0 Å². The highest BCUT2D eigenvalue weighted by Gasteiger charge is 2.33. The predicted molar refractivity (Wildman–Crippen MR) is 74.1 cm³/mol. The Labute approximate surface area is 122 Å². The number of nitrogens with zero attached hydrogens (tertiary/aromatic N) is 2. The van der Waals surface area contributed by atoms with Crippen LogP contribution in [0.5, 0.6) is 0 Å². The Bertz CT molecular complexity index is 439. The Hall–Kier alpha value is -0.340. The van der Waals surface area contributed by atoms with Gasteiger partial charge in [0.2, 0.25) is 5.28 Å². The van der Waals surface area contributed by atoms with Crippen LogP contribution in [0, 0.1) is 0 Å². The summed E-state index contributed by atoms with van der Waals surface area (Å²) in [4.78, 5) is 6.94.